The van der Waals surface area contributed by atoms with Gasteiger partial charge < -0.3 is 5.11 Å². The van der Waals surface area contributed by atoms with Gasteiger partial charge in [-0.2, -0.15) is 0 Å². The van der Waals surface area contributed by atoms with E-state index in [9.17, 15) is 5.11 Å². The van der Waals surface area contributed by atoms with Crippen molar-refractivity contribution < 1.29 is 5.11 Å². The molecule has 2 aromatic rings. The van der Waals surface area contributed by atoms with E-state index in [-0.39, 0.29) is 0 Å². The van der Waals surface area contributed by atoms with Gasteiger partial charge in [-0.15, -0.1) is 11.3 Å². The van der Waals surface area contributed by atoms with Crippen LogP contribution in [0.5, 0.6) is 0 Å². The first-order valence-electron chi connectivity index (χ1n) is 6.96. The topological polar surface area (TPSA) is 33.1 Å². The Morgan fingerprint density at radius 1 is 1.25 bits per heavy atom. The lowest BCUT2D eigenvalue weighted by molar-refractivity contribution is 0.424. The largest absolute Gasteiger partial charge is 0.508 e. The number of aromatic nitrogens is 1. The summed E-state index contributed by atoms with van der Waals surface area (Å²) < 4.78 is 1.18. The van der Waals surface area contributed by atoms with Gasteiger partial charge in [0, 0.05) is 11.5 Å². The van der Waals surface area contributed by atoms with E-state index < -0.39 is 0 Å². The maximum Gasteiger partial charge on any atom is 0.124 e. The second-order valence-electron chi connectivity index (χ2n) is 5.35. The lowest BCUT2D eigenvalue weighted by Gasteiger charge is -2.25. The van der Waals surface area contributed by atoms with Crippen molar-refractivity contribution in [1.82, 2.24) is 4.98 Å². The number of hydrogen-bond acceptors (Lipinski definition) is 3. The van der Waals surface area contributed by atoms with Gasteiger partial charge in [-0.05, 0) is 37.5 Å². The Morgan fingerprint density at radius 2 is 2.15 bits per heavy atom. The fourth-order valence-electron chi connectivity index (χ4n) is 2.98. The molecule has 0 spiro atoms. The maximum absolute atomic E-state index is 10.3. The van der Waals surface area contributed by atoms with Crippen molar-refractivity contribution in [2.75, 3.05) is 0 Å². The van der Waals surface area contributed by atoms with Crippen LogP contribution in [0.1, 0.15) is 24.3 Å². The molecule has 1 N–H and O–H groups in total. The van der Waals surface area contributed by atoms with Crippen LogP contribution in [0.3, 0.4) is 0 Å². The molecule has 0 bridgehead atoms. The third kappa shape index (κ3) is 1.90. The van der Waals surface area contributed by atoms with Gasteiger partial charge >= 0.3 is 0 Å². The summed E-state index contributed by atoms with van der Waals surface area (Å²) in [5.41, 5.74) is 3.36. The number of hydrogen-bond donors (Lipinski definition) is 1. The molecule has 0 radical (unpaired) electrons. The van der Waals surface area contributed by atoms with Gasteiger partial charge in [0.2, 0.25) is 0 Å². The molecule has 2 aliphatic rings. The summed E-state index contributed by atoms with van der Waals surface area (Å²) in [6, 6.07) is 8.14. The Balaban J connectivity index is 1.81. The lowest BCUT2D eigenvalue weighted by atomic mass is 9.81. The molecule has 1 aromatic carbocycles. The summed E-state index contributed by atoms with van der Waals surface area (Å²) >= 11 is 1.66. The van der Waals surface area contributed by atoms with Gasteiger partial charge in [0.05, 0.1) is 10.2 Å². The third-order valence-corrected chi connectivity index (χ3v) is 5.15. The van der Waals surface area contributed by atoms with Crippen LogP contribution in [0.2, 0.25) is 0 Å². The van der Waals surface area contributed by atoms with Crippen LogP contribution in [-0.4, -0.2) is 10.1 Å². The number of nitrogens with zero attached hydrogens (tertiary/aromatic N) is 1. The van der Waals surface area contributed by atoms with Gasteiger partial charge in [-0.1, -0.05) is 29.9 Å². The van der Waals surface area contributed by atoms with Crippen LogP contribution in [-0.2, 0) is 0 Å². The molecule has 1 unspecified atom stereocenters. The monoisotopic (exact) mass is 281 g/mol. The summed E-state index contributed by atoms with van der Waals surface area (Å²) in [7, 11) is 0. The number of rotatable bonds is 1. The average Bonchev–Trinajstić information content (AvgIpc) is 2.90. The number of aliphatic hydroxyl groups is 1. The number of aliphatic hydroxyl groups excluding tert-OH is 1. The molecule has 20 heavy (non-hydrogen) atoms. The van der Waals surface area contributed by atoms with E-state index in [2.05, 4.69) is 23.2 Å². The van der Waals surface area contributed by atoms with E-state index >= 15 is 0 Å². The van der Waals surface area contributed by atoms with Crippen LogP contribution in [0.4, 0.5) is 0 Å². The fraction of sp³-hybridized carbons (Fsp3) is 0.235. The minimum Gasteiger partial charge on any atom is -0.508 e. The van der Waals surface area contributed by atoms with Crippen molar-refractivity contribution in [2.45, 2.75) is 19.3 Å². The summed E-state index contributed by atoms with van der Waals surface area (Å²) in [5, 5.41) is 11.3. The summed E-state index contributed by atoms with van der Waals surface area (Å²) in [4.78, 5) is 4.67. The van der Waals surface area contributed by atoms with Crippen LogP contribution in [0, 0.1) is 5.92 Å². The highest BCUT2D eigenvalue weighted by molar-refractivity contribution is 7.19. The molecule has 100 valence electrons. The number of para-hydroxylation sites is 1. The van der Waals surface area contributed by atoms with Crippen LogP contribution < -0.4 is 0 Å². The Kier molecular flexibility index (Phi) is 2.74. The maximum atomic E-state index is 10.3. The highest BCUT2D eigenvalue weighted by Gasteiger charge is 2.25. The lowest BCUT2D eigenvalue weighted by Crippen LogP contribution is -2.11. The normalized spacial score (nSPS) is 22.0. The molecule has 3 heteroatoms. The first-order chi connectivity index (χ1) is 9.81. The minimum absolute atomic E-state index is 0.408. The van der Waals surface area contributed by atoms with E-state index in [4.69, 9.17) is 0 Å². The molecule has 2 aliphatic carbocycles. The van der Waals surface area contributed by atoms with Gasteiger partial charge in [0.1, 0.15) is 10.8 Å². The van der Waals surface area contributed by atoms with E-state index in [1.54, 1.807) is 11.3 Å². The molecule has 1 atom stereocenters. The van der Waals surface area contributed by atoms with Gasteiger partial charge in [0.25, 0.3) is 0 Å². The first kappa shape index (κ1) is 11.9. The van der Waals surface area contributed by atoms with E-state index in [0.717, 1.165) is 35.4 Å². The highest BCUT2D eigenvalue weighted by atomic mass is 32.1. The minimum atomic E-state index is 0.408. The SMILES string of the molecule is OC1=C(c2nc3ccccc3s2)CC2C=CCCC2=C1. The van der Waals surface area contributed by atoms with E-state index in [0.29, 0.717) is 11.7 Å². The van der Waals surface area contributed by atoms with Crippen molar-refractivity contribution in [3.63, 3.8) is 0 Å². The smallest absolute Gasteiger partial charge is 0.124 e. The van der Waals surface area contributed by atoms with Crippen molar-refractivity contribution >= 4 is 27.1 Å². The quantitative estimate of drug-likeness (QED) is 0.757. The van der Waals surface area contributed by atoms with Crippen molar-refractivity contribution in [3.05, 3.63) is 58.8 Å². The van der Waals surface area contributed by atoms with Gasteiger partial charge in [-0.25, -0.2) is 4.98 Å². The molecule has 1 aromatic heterocycles. The number of thiazole rings is 1. The Hall–Kier alpha value is -1.87. The molecular formula is C17H15NOS. The Labute approximate surface area is 121 Å². The summed E-state index contributed by atoms with van der Waals surface area (Å²) in [6.07, 6.45) is 9.51. The molecule has 2 nitrogen and oxygen atoms in total. The van der Waals surface area contributed by atoms with Crippen molar-refractivity contribution in [3.8, 4) is 0 Å². The Morgan fingerprint density at radius 3 is 3.05 bits per heavy atom. The summed E-state index contributed by atoms with van der Waals surface area (Å²) in [6.45, 7) is 0. The van der Waals surface area contributed by atoms with Crippen LogP contribution >= 0.6 is 11.3 Å². The molecule has 0 saturated heterocycles. The molecule has 0 amide bonds. The molecule has 0 fully saturated rings. The number of allylic oxidation sites excluding steroid dienone is 5. The molecule has 1 heterocycles. The highest BCUT2D eigenvalue weighted by Crippen LogP contribution is 2.40. The standard InChI is InChI=1S/C17H15NOS/c19-15-10-12-6-2-1-5-11(12)9-13(15)17-18-14-7-3-4-8-16(14)20-17/h1,3-5,7-8,10-11,19H,2,6,9H2. The molecule has 0 saturated carbocycles. The zero-order chi connectivity index (χ0) is 13.5. The predicted molar refractivity (Wildman–Crippen MR) is 83.7 cm³/mol. The van der Waals surface area contributed by atoms with Crippen molar-refractivity contribution in [1.29, 1.82) is 0 Å². The molecule has 4 rings (SSSR count). The molecular weight excluding hydrogens is 266 g/mol. The van der Waals surface area contributed by atoms with E-state index in [1.807, 2.05) is 24.3 Å². The molecule has 0 aliphatic heterocycles. The van der Waals surface area contributed by atoms with Crippen LogP contribution in [0.25, 0.3) is 15.8 Å². The first-order valence-corrected chi connectivity index (χ1v) is 7.78. The fourth-order valence-corrected chi connectivity index (χ4v) is 4.01. The van der Waals surface area contributed by atoms with Gasteiger partial charge in [-0.3, -0.25) is 0 Å². The second-order valence-corrected chi connectivity index (χ2v) is 6.38. The third-order valence-electron chi connectivity index (χ3n) is 4.05. The van der Waals surface area contributed by atoms with Crippen molar-refractivity contribution in [2.24, 2.45) is 5.92 Å². The van der Waals surface area contributed by atoms with Crippen LogP contribution in [0.15, 0.2) is 53.8 Å². The summed E-state index contributed by atoms with van der Waals surface area (Å²) in [5.74, 6) is 0.854. The van der Waals surface area contributed by atoms with E-state index in [1.165, 1.54) is 10.3 Å². The average molecular weight is 281 g/mol. The number of fused-ring (bicyclic) bond motifs is 2. The second kappa shape index (κ2) is 4.60. The predicted octanol–water partition coefficient (Wildman–Crippen LogP) is 4.86. The number of benzene rings is 1. The Bertz CT molecular complexity index is 733. The zero-order valence-electron chi connectivity index (χ0n) is 11.0. The zero-order valence-corrected chi connectivity index (χ0v) is 11.9. The van der Waals surface area contributed by atoms with Gasteiger partial charge in [0.15, 0.2) is 0 Å².